The van der Waals surface area contributed by atoms with Gasteiger partial charge in [0.05, 0.1) is 18.3 Å². The van der Waals surface area contributed by atoms with Crippen LogP contribution in [-0.2, 0) is 27.0 Å². The van der Waals surface area contributed by atoms with E-state index in [-0.39, 0.29) is 48.4 Å². The number of alkyl halides is 3. The fourth-order valence-corrected chi connectivity index (χ4v) is 3.94. The second-order valence-electron chi connectivity index (χ2n) is 10.3. The summed E-state index contributed by atoms with van der Waals surface area (Å²) in [5.74, 6) is -0.889. The number of nitrogens with two attached hydrogens (primary N) is 1. The van der Waals surface area contributed by atoms with Gasteiger partial charge in [-0.1, -0.05) is 18.2 Å². The maximum Gasteiger partial charge on any atom is 0.419 e. The van der Waals surface area contributed by atoms with Crippen LogP contribution >= 0.6 is 0 Å². The molecule has 38 heavy (non-hydrogen) atoms. The van der Waals surface area contributed by atoms with Gasteiger partial charge in [0.2, 0.25) is 11.8 Å². The van der Waals surface area contributed by atoms with Gasteiger partial charge in [-0.15, -0.1) is 0 Å². The first-order valence-corrected chi connectivity index (χ1v) is 12.3. The van der Waals surface area contributed by atoms with Crippen LogP contribution in [0.1, 0.15) is 62.8 Å². The quantitative estimate of drug-likeness (QED) is 0.364. The third-order valence-corrected chi connectivity index (χ3v) is 6.23. The van der Waals surface area contributed by atoms with E-state index in [2.05, 4.69) is 10.6 Å². The molecule has 5 N–H and O–H groups in total. The first kappa shape index (κ1) is 29.4. The van der Waals surface area contributed by atoms with E-state index in [1.54, 1.807) is 12.1 Å². The van der Waals surface area contributed by atoms with Gasteiger partial charge in [-0.25, -0.2) is 0 Å². The maximum absolute atomic E-state index is 13.5. The van der Waals surface area contributed by atoms with Crippen LogP contribution in [0.3, 0.4) is 0 Å². The molecule has 1 heterocycles. The average Bonchev–Trinajstić information content (AvgIpc) is 3.30. The molecule has 2 atom stereocenters. The Hall–Kier alpha value is -3.15. The molecule has 2 aromatic rings. The molecule has 0 radical (unpaired) electrons. The van der Waals surface area contributed by atoms with Gasteiger partial charge in [-0.05, 0) is 62.6 Å². The Kier molecular flexibility index (Phi) is 9.06. The van der Waals surface area contributed by atoms with Crippen molar-refractivity contribution in [3.63, 3.8) is 0 Å². The molecule has 2 unspecified atom stereocenters. The number of ether oxygens (including phenoxy) is 2. The Bertz CT molecular complexity index is 1120. The van der Waals surface area contributed by atoms with Crippen molar-refractivity contribution in [3.05, 3.63) is 59.2 Å². The lowest BCUT2D eigenvalue weighted by molar-refractivity contribution is -0.138. The summed E-state index contributed by atoms with van der Waals surface area (Å²) in [6.07, 6.45) is -4.75. The Morgan fingerprint density at radius 1 is 1.18 bits per heavy atom. The number of hydrogen-bond acceptors (Lipinski definition) is 6. The van der Waals surface area contributed by atoms with Gasteiger partial charge in [0.15, 0.2) is 0 Å². The second-order valence-corrected chi connectivity index (χ2v) is 10.3. The summed E-state index contributed by atoms with van der Waals surface area (Å²) >= 11 is 0. The molecule has 1 fully saturated rings. The minimum Gasteiger partial charge on any atom is -0.457 e. The van der Waals surface area contributed by atoms with Crippen molar-refractivity contribution in [2.24, 2.45) is 5.73 Å². The van der Waals surface area contributed by atoms with Gasteiger partial charge >= 0.3 is 6.18 Å². The standard InChI is InChI=1S/C27H34F3N3O5/c1-17(34)19-6-9-22(21(14-19)27(28,29)30)38-20-7-4-18(5-8-20)15-32-24(36)26(12-13-37-16-26)33-23(35)10-11-25(2,3)31/h4-9,14,17,34H,10-13,15-16,31H2,1-3H3,(H,32,36)(H,33,35). The van der Waals surface area contributed by atoms with Crippen LogP contribution in [-0.4, -0.2) is 41.2 Å². The molecule has 0 bridgehead atoms. The van der Waals surface area contributed by atoms with Crippen LogP contribution in [0, 0.1) is 0 Å². The molecule has 1 saturated heterocycles. The van der Waals surface area contributed by atoms with Crippen LogP contribution in [0.25, 0.3) is 0 Å². The van der Waals surface area contributed by atoms with Gasteiger partial charge < -0.3 is 30.9 Å². The third-order valence-electron chi connectivity index (χ3n) is 6.23. The molecule has 0 aromatic heterocycles. The van der Waals surface area contributed by atoms with Crippen LogP contribution in [0.15, 0.2) is 42.5 Å². The highest BCUT2D eigenvalue weighted by Crippen LogP contribution is 2.39. The predicted octanol–water partition coefficient (Wildman–Crippen LogP) is 3.96. The summed E-state index contributed by atoms with van der Waals surface area (Å²) in [5.41, 5.74) is 4.07. The molecular formula is C27H34F3N3O5. The molecule has 0 saturated carbocycles. The molecule has 2 amide bonds. The number of rotatable bonds is 10. The van der Waals surface area contributed by atoms with Crippen molar-refractivity contribution >= 4 is 11.8 Å². The zero-order chi connectivity index (χ0) is 28.1. The largest absolute Gasteiger partial charge is 0.457 e. The molecule has 0 spiro atoms. The highest BCUT2D eigenvalue weighted by atomic mass is 19.4. The van der Waals surface area contributed by atoms with E-state index in [1.165, 1.54) is 31.2 Å². The van der Waals surface area contributed by atoms with Crippen molar-refractivity contribution in [1.29, 1.82) is 0 Å². The Labute approximate surface area is 219 Å². The normalized spacial score (nSPS) is 18.6. The molecule has 208 valence electrons. The van der Waals surface area contributed by atoms with Crippen molar-refractivity contribution < 1.29 is 37.3 Å². The van der Waals surface area contributed by atoms with E-state index in [0.717, 1.165) is 6.07 Å². The van der Waals surface area contributed by atoms with Gasteiger partial charge in [0, 0.05) is 31.5 Å². The van der Waals surface area contributed by atoms with E-state index in [9.17, 15) is 27.9 Å². The van der Waals surface area contributed by atoms with E-state index >= 15 is 0 Å². The first-order chi connectivity index (χ1) is 17.7. The number of carbonyl (C=O) groups is 2. The summed E-state index contributed by atoms with van der Waals surface area (Å²) in [6.45, 7) is 5.54. The van der Waals surface area contributed by atoms with Gasteiger partial charge in [0.25, 0.3) is 0 Å². The molecule has 8 nitrogen and oxygen atoms in total. The summed E-state index contributed by atoms with van der Waals surface area (Å²) in [4.78, 5) is 25.5. The van der Waals surface area contributed by atoms with Crippen LogP contribution in [0.5, 0.6) is 11.5 Å². The van der Waals surface area contributed by atoms with Crippen molar-refractivity contribution in [1.82, 2.24) is 10.6 Å². The number of aliphatic hydroxyl groups excluding tert-OH is 1. The zero-order valence-corrected chi connectivity index (χ0v) is 21.7. The lowest BCUT2D eigenvalue weighted by atomic mass is 9.95. The number of aliphatic hydroxyl groups is 1. The Morgan fingerprint density at radius 2 is 1.87 bits per heavy atom. The van der Waals surface area contributed by atoms with E-state index in [1.807, 2.05) is 13.8 Å². The minimum atomic E-state index is -4.67. The number of benzene rings is 2. The number of halogens is 3. The molecule has 1 aliphatic rings. The van der Waals surface area contributed by atoms with Gasteiger partial charge in [0.1, 0.15) is 17.0 Å². The zero-order valence-electron chi connectivity index (χ0n) is 21.7. The summed E-state index contributed by atoms with van der Waals surface area (Å²) < 4.78 is 51.4. The van der Waals surface area contributed by atoms with Gasteiger partial charge in [-0.3, -0.25) is 9.59 Å². The maximum atomic E-state index is 13.5. The average molecular weight is 538 g/mol. The molecule has 1 aliphatic heterocycles. The highest BCUT2D eigenvalue weighted by Gasteiger charge is 2.43. The van der Waals surface area contributed by atoms with E-state index in [0.29, 0.717) is 25.0 Å². The van der Waals surface area contributed by atoms with Crippen molar-refractivity contribution in [2.75, 3.05) is 13.2 Å². The fraction of sp³-hybridized carbons (Fsp3) is 0.481. The number of carbonyl (C=O) groups excluding carboxylic acids is 2. The predicted molar refractivity (Wildman–Crippen MR) is 134 cm³/mol. The summed E-state index contributed by atoms with van der Waals surface area (Å²) in [7, 11) is 0. The number of amides is 2. The van der Waals surface area contributed by atoms with Crippen LogP contribution in [0.2, 0.25) is 0 Å². The smallest absolute Gasteiger partial charge is 0.419 e. The SMILES string of the molecule is CC(O)c1ccc(Oc2ccc(CNC(=O)C3(NC(=O)CCC(C)(C)N)CCOC3)cc2)c(C(F)(F)F)c1. The lowest BCUT2D eigenvalue weighted by Crippen LogP contribution is -2.59. The van der Waals surface area contributed by atoms with Crippen LogP contribution in [0.4, 0.5) is 13.2 Å². The molecule has 0 aliphatic carbocycles. The fourth-order valence-electron chi connectivity index (χ4n) is 3.94. The van der Waals surface area contributed by atoms with Crippen LogP contribution < -0.4 is 21.1 Å². The molecule has 11 heteroatoms. The van der Waals surface area contributed by atoms with E-state index < -0.39 is 28.9 Å². The topological polar surface area (TPSA) is 123 Å². The number of hydrogen-bond donors (Lipinski definition) is 4. The minimum absolute atomic E-state index is 0.0543. The van der Waals surface area contributed by atoms with Crippen molar-refractivity contribution in [3.8, 4) is 11.5 Å². The number of nitrogens with one attached hydrogen (secondary N) is 2. The Morgan fingerprint density at radius 3 is 2.42 bits per heavy atom. The molecule has 2 aromatic carbocycles. The first-order valence-electron chi connectivity index (χ1n) is 12.3. The third kappa shape index (κ3) is 7.92. The molecule has 3 rings (SSSR count). The summed E-state index contributed by atoms with van der Waals surface area (Å²) in [6, 6.07) is 9.63. The Balaban J connectivity index is 1.63. The van der Waals surface area contributed by atoms with E-state index in [4.69, 9.17) is 15.2 Å². The van der Waals surface area contributed by atoms with Gasteiger partial charge in [-0.2, -0.15) is 13.2 Å². The highest BCUT2D eigenvalue weighted by molar-refractivity contribution is 5.92. The second kappa shape index (κ2) is 11.7. The van der Waals surface area contributed by atoms with Crippen molar-refractivity contribution in [2.45, 2.75) is 69.9 Å². The summed E-state index contributed by atoms with van der Waals surface area (Å²) in [5, 5.41) is 15.2. The lowest BCUT2D eigenvalue weighted by Gasteiger charge is -2.28. The monoisotopic (exact) mass is 537 g/mol. The molecular weight excluding hydrogens is 503 g/mol.